The average Bonchev–Trinajstić information content (AvgIpc) is 3.51. The molecule has 0 radical (unpaired) electrons. The van der Waals surface area contributed by atoms with Gasteiger partial charge in [0.2, 0.25) is 11.8 Å². The SMILES string of the molecule is Cc1nc(C2CCN(C(=O)C3CCCC3)C2)nc2c1CCC(=O)N2CCc1ccccc1. The lowest BCUT2D eigenvalue weighted by Gasteiger charge is -2.30. The second-order valence-electron chi connectivity index (χ2n) is 9.50. The molecule has 32 heavy (non-hydrogen) atoms. The third-order valence-corrected chi connectivity index (χ3v) is 7.39. The van der Waals surface area contributed by atoms with Crippen LogP contribution in [0.1, 0.15) is 67.1 Å². The molecule has 1 aliphatic carbocycles. The molecule has 6 nitrogen and oxygen atoms in total. The summed E-state index contributed by atoms with van der Waals surface area (Å²) in [7, 11) is 0. The Kier molecular flexibility index (Phi) is 5.94. The topological polar surface area (TPSA) is 66.4 Å². The van der Waals surface area contributed by atoms with Crippen LogP contribution in [0.4, 0.5) is 5.82 Å². The average molecular weight is 433 g/mol. The van der Waals surface area contributed by atoms with Gasteiger partial charge in [0, 0.05) is 49.1 Å². The van der Waals surface area contributed by atoms with Gasteiger partial charge in [-0.1, -0.05) is 43.2 Å². The number of hydrogen-bond acceptors (Lipinski definition) is 4. The number of likely N-dealkylation sites (tertiary alicyclic amines) is 1. The highest BCUT2D eigenvalue weighted by Crippen LogP contribution is 2.34. The minimum atomic E-state index is 0.141. The first-order chi connectivity index (χ1) is 15.6. The first-order valence-electron chi connectivity index (χ1n) is 12.1. The summed E-state index contributed by atoms with van der Waals surface area (Å²) in [6.45, 7) is 4.15. The number of hydrogen-bond donors (Lipinski definition) is 0. The molecule has 1 atom stereocenters. The van der Waals surface area contributed by atoms with Gasteiger partial charge in [-0.2, -0.15) is 0 Å². The van der Waals surface area contributed by atoms with E-state index in [0.29, 0.717) is 31.8 Å². The smallest absolute Gasteiger partial charge is 0.228 e. The summed E-state index contributed by atoms with van der Waals surface area (Å²) in [5.74, 6) is 2.41. The summed E-state index contributed by atoms with van der Waals surface area (Å²) >= 11 is 0. The lowest BCUT2D eigenvalue weighted by molar-refractivity contribution is -0.134. The van der Waals surface area contributed by atoms with E-state index in [2.05, 4.69) is 12.1 Å². The molecule has 2 aliphatic heterocycles. The van der Waals surface area contributed by atoms with E-state index < -0.39 is 0 Å². The van der Waals surface area contributed by atoms with Gasteiger partial charge in [0.05, 0.1) is 0 Å². The molecular weight excluding hydrogens is 400 g/mol. The zero-order chi connectivity index (χ0) is 22.1. The van der Waals surface area contributed by atoms with E-state index in [1.54, 1.807) is 0 Å². The maximum absolute atomic E-state index is 12.9. The van der Waals surface area contributed by atoms with E-state index in [9.17, 15) is 9.59 Å². The number of carbonyl (C=O) groups is 2. The van der Waals surface area contributed by atoms with Crippen LogP contribution < -0.4 is 4.90 Å². The maximum atomic E-state index is 12.9. The Labute approximate surface area is 190 Å². The van der Waals surface area contributed by atoms with E-state index in [0.717, 1.165) is 55.1 Å². The van der Waals surface area contributed by atoms with Gasteiger partial charge >= 0.3 is 0 Å². The van der Waals surface area contributed by atoms with E-state index in [1.165, 1.54) is 18.4 Å². The highest BCUT2D eigenvalue weighted by molar-refractivity contribution is 5.95. The van der Waals surface area contributed by atoms with Gasteiger partial charge < -0.3 is 4.90 Å². The second kappa shape index (κ2) is 9.00. The fourth-order valence-corrected chi connectivity index (χ4v) is 5.50. The molecule has 1 aromatic carbocycles. The van der Waals surface area contributed by atoms with Crippen molar-refractivity contribution in [3.63, 3.8) is 0 Å². The molecule has 168 valence electrons. The Hall–Kier alpha value is -2.76. The summed E-state index contributed by atoms with van der Waals surface area (Å²) < 4.78 is 0. The number of carbonyl (C=O) groups excluding carboxylic acids is 2. The fraction of sp³-hybridized carbons (Fsp3) is 0.538. The summed E-state index contributed by atoms with van der Waals surface area (Å²) in [5, 5.41) is 0. The van der Waals surface area contributed by atoms with E-state index in [4.69, 9.17) is 9.97 Å². The van der Waals surface area contributed by atoms with Crippen LogP contribution >= 0.6 is 0 Å². The summed E-state index contributed by atoms with van der Waals surface area (Å²) in [6.07, 6.45) is 7.34. The van der Waals surface area contributed by atoms with E-state index in [1.807, 2.05) is 34.9 Å². The van der Waals surface area contributed by atoms with Crippen molar-refractivity contribution in [1.29, 1.82) is 0 Å². The van der Waals surface area contributed by atoms with Crippen molar-refractivity contribution < 1.29 is 9.59 Å². The van der Waals surface area contributed by atoms with E-state index in [-0.39, 0.29) is 17.7 Å². The van der Waals surface area contributed by atoms with Gasteiger partial charge in [0.25, 0.3) is 0 Å². The van der Waals surface area contributed by atoms with Crippen LogP contribution in [0.5, 0.6) is 0 Å². The molecule has 2 amide bonds. The summed E-state index contributed by atoms with van der Waals surface area (Å²) in [4.78, 5) is 39.4. The molecule has 1 saturated carbocycles. The Morgan fingerprint density at radius 1 is 1.06 bits per heavy atom. The molecule has 6 heteroatoms. The van der Waals surface area contributed by atoms with Gasteiger partial charge in [-0.3, -0.25) is 14.5 Å². The van der Waals surface area contributed by atoms with Crippen molar-refractivity contribution in [3.8, 4) is 0 Å². The summed E-state index contributed by atoms with van der Waals surface area (Å²) in [6, 6.07) is 10.3. The lowest BCUT2D eigenvalue weighted by atomic mass is 10.0. The number of aromatic nitrogens is 2. The van der Waals surface area contributed by atoms with Crippen molar-refractivity contribution in [1.82, 2.24) is 14.9 Å². The second-order valence-corrected chi connectivity index (χ2v) is 9.50. The molecule has 0 bridgehead atoms. The lowest BCUT2D eigenvalue weighted by Crippen LogP contribution is -2.38. The molecular formula is C26H32N4O2. The van der Waals surface area contributed by atoms with Crippen LogP contribution in [-0.4, -0.2) is 46.3 Å². The van der Waals surface area contributed by atoms with Crippen molar-refractivity contribution >= 4 is 17.6 Å². The molecule has 0 N–H and O–H groups in total. The first kappa shape index (κ1) is 21.1. The molecule has 1 saturated heterocycles. The Morgan fingerprint density at radius 2 is 1.84 bits per heavy atom. The first-order valence-corrected chi connectivity index (χ1v) is 12.1. The molecule has 5 rings (SSSR count). The third kappa shape index (κ3) is 4.15. The molecule has 2 fully saturated rings. The Balaban J connectivity index is 1.35. The largest absolute Gasteiger partial charge is 0.342 e. The molecule has 0 spiro atoms. The number of benzene rings is 1. The zero-order valence-electron chi connectivity index (χ0n) is 18.9. The van der Waals surface area contributed by atoms with Crippen LogP contribution in [0.3, 0.4) is 0 Å². The van der Waals surface area contributed by atoms with Crippen molar-refractivity contribution in [2.24, 2.45) is 5.92 Å². The monoisotopic (exact) mass is 432 g/mol. The van der Waals surface area contributed by atoms with Crippen LogP contribution in [-0.2, 0) is 22.4 Å². The number of rotatable bonds is 5. The van der Waals surface area contributed by atoms with Crippen molar-refractivity contribution in [2.45, 2.75) is 64.2 Å². The number of nitrogens with zero attached hydrogens (tertiary/aromatic N) is 4. The van der Waals surface area contributed by atoms with Crippen molar-refractivity contribution in [2.75, 3.05) is 24.5 Å². The predicted octanol–water partition coefficient (Wildman–Crippen LogP) is 3.81. The predicted molar refractivity (Wildman–Crippen MR) is 123 cm³/mol. The number of aryl methyl sites for hydroxylation is 1. The zero-order valence-corrected chi connectivity index (χ0v) is 18.9. The van der Waals surface area contributed by atoms with Gasteiger partial charge in [-0.25, -0.2) is 9.97 Å². The van der Waals surface area contributed by atoms with Crippen molar-refractivity contribution in [3.05, 3.63) is 53.0 Å². The third-order valence-electron chi connectivity index (χ3n) is 7.39. The molecule has 1 unspecified atom stereocenters. The standard InChI is InChI=1S/C26H32N4O2/c1-18-22-11-12-23(31)30(16-13-19-7-3-2-4-8-19)25(22)28-24(27-18)21-14-15-29(17-21)26(32)20-9-5-6-10-20/h2-4,7-8,20-21H,5-6,9-17H2,1H3. The molecule has 3 aliphatic rings. The Bertz CT molecular complexity index is 1000. The van der Waals surface area contributed by atoms with E-state index >= 15 is 0 Å². The molecule has 1 aromatic heterocycles. The van der Waals surface area contributed by atoms with Crippen LogP contribution in [0.2, 0.25) is 0 Å². The fourth-order valence-electron chi connectivity index (χ4n) is 5.50. The Morgan fingerprint density at radius 3 is 2.62 bits per heavy atom. The quantitative estimate of drug-likeness (QED) is 0.721. The van der Waals surface area contributed by atoms with Gasteiger partial charge in [0.15, 0.2) is 0 Å². The number of amides is 2. The minimum absolute atomic E-state index is 0.141. The van der Waals surface area contributed by atoms with Crippen LogP contribution in [0.25, 0.3) is 0 Å². The minimum Gasteiger partial charge on any atom is -0.342 e. The highest BCUT2D eigenvalue weighted by atomic mass is 16.2. The molecule has 3 heterocycles. The van der Waals surface area contributed by atoms with Gasteiger partial charge in [-0.15, -0.1) is 0 Å². The summed E-state index contributed by atoms with van der Waals surface area (Å²) in [5.41, 5.74) is 3.29. The van der Waals surface area contributed by atoms with Crippen LogP contribution in [0, 0.1) is 12.8 Å². The van der Waals surface area contributed by atoms with Gasteiger partial charge in [-0.05, 0) is 44.6 Å². The normalized spacial score (nSPS) is 21.3. The van der Waals surface area contributed by atoms with Gasteiger partial charge in [0.1, 0.15) is 11.6 Å². The van der Waals surface area contributed by atoms with Crippen LogP contribution in [0.15, 0.2) is 30.3 Å². The highest BCUT2D eigenvalue weighted by Gasteiger charge is 2.35. The number of anilines is 1. The molecule has 2 aromatic rings. The maximum Gasteiger partial charge on any atom is 0.228 e. The number of fused-ring (bicyclic) bond motifs is 1.